The van der Waals surface area contributed by atoms with Crippen molar-refractivity contribution >= 4 is 23.0 Å². The summed E-state index contributed by atoms with van der Waals surface area (Å²) in [5.41, 5.74) is 0. The molecule has 0 aromatic heterocycles. The van der Waals surface area contributed by atoms with Gasteiger partial charge in [-0.25, -0.2) is 0 Å². The maximum Gasteiger partial charge on any atom is 0.304 e. The first kappa shape index (κ1) is 9.29. The summed E-state index contributed by atoms with van der Waals surface area (Å²) < 4.78 is 0. The second-order valence-corrected chi connectivity index (χ2v) is 2.60. The normalized spacial score (nSPS) is 8.90. The lowest BCUT2D eigenvalue weighted by atomic mass is 10.5. The van der Waals surface area contributed by atoms with E-state index in [1.165, 1.54) is 7.05 Å². The summed E-state index contributed by atoms with van der Waals surface area (Å²) in [7, 11) is 1.51. The molecule has 58 valence electrons. The molecule has 4 nitrogen and oxygen atoms in total. The molecule has 0 heterocycles. The van der Waals surface area contributed by atoms with Gasteiger partial charge in [-0.15, -0.1) is 0 Å². The molecule has 0 bridgehead atoms. The Morgan fingerprint density at radius 2 is 2.20 bits per heavy atom. The van der Waals surface area contributed by atoms with Gasteiger partial charge >= 0.3 is 5.97 Å². The summed E-state index contributed by atoms with van der Waals surface area (Å²) in [4.78, 5) is 20.4. The fourth-order valence-electron chi connectivity index (χ4n) is 0.303. The smallest absolute Gasteiger partial charge is 0.304 e. The highest BCUT2D eigenvalue weighted by molar-refractivity contribution is 8.13. The third-order valence-electron chi connectivity index (χ3n) is 0.753. The van der Waals surface area contributed by atoms with Crippen molar-refractivity contribution in [1.82, 2.24) is 5.32 Å². The van der Waals surface area contributed by atoms with Gasteiger partial charge in [-0.3, -0.25) is 9.59 Å². The molecule has 0 radical (unpaired) electrons. The summed E-state index contributed by atoms with van der Waals surface area (Å²) in [6, 6.07) is 0. The Labute approximate surface area is 63.0 Å². The molecule has 5 heteroatoms. The van der Waals surface area contributed by atoms with Crippen LogP contribution in [0.1, 0.15) is 6.42 Å². The molecule has 0 aliphatic rings. The van der Waals surface area contributed by atoms with Crippen LogP contribution in [0.4, 0.5) is 4.79 Å². The van der Waals surface area contributed by atoms with Crippen molar-refractivity contribution in [3.05, 3.63) is 0 Å². The highest BCUT2D eigenvalue weighted by Crippen LogP contribution is 2.02. The van der Waals surface area contributed by atoms with E-state index in [1.54, 1.807) is 0 Å². The molecule has 0 aliphatic heterocycles. The number of rotatable bonds is 3. The third kappa shape index (κ3) is 5.43. The summed E-state index contributed by atoms with van der Waals surface area (Å²) in [6.07, 6.45) is 0.0259. The number of thioether (sulfide) groups is 1. The van der Waals surface area contributed by atoms with Crippen LogP contribution in [0.2, 0.25) is 0 Å². The first-order valence-corrected chi connectivity index (χ1v) is 3.71. The Bertz CT molecular complexity index is 137. The number of hydrogen-bond donors (Lipinski definition) is 2. The zero-order valence-corrected chi connectivity index (χ0v) is 6.40. The van der Waals surface area contributed by atoms with Gasteiger partial charge in [0.05, 0.1) is 6.42 Å². The summed E-state index contributed by atoms with van der Waals surface area (Å²) in [6.45, 7) is 0. The van der Waals surface area contributed by atoms with Crippen molar-refractivity contribution in [3.8, 4) is 0 Å². The van der Waals surface area contributed by atoms with E-state index in [4.69, 9.17) is 5.11 Å². The van der Waals surface area contributed by atoms with Gasteiger partial charge in [-0.1, -0.05) is 11.8 Å². The molecule has 0 aromatic carbocycles. The van der Waals surface area contributed by atoms with Crippen molar-refractivity contribution in [2.24, 2.45) is 0 Å². The molecule has 0 aliphatic carbocycles. The number of carbonyl (C=O) groups is 2. The Hall–Kier alpha value is -0.710. The molecule has 1 amide bonds. The molecule has 0 atom stereocenters. The van der Waals surface area contributed by atoms with Gasteiger partial charge in [-0.2, -0.15) is 0 Å². The Kier molecular flexibility index (Phi) is 4.74. The van der Waals surface area contributed by atoms with E-state index in [1.807, 2.05) is 0 Å². The maximum atomic E-state index is 10.5. The molecule has 0 rings (SSSR count). The van der Waals surface area contributed by atoms with Crippen molar-refractivity contribution in [3.63, 3.8) is 0 Å². The van der Waals surface area contributed by atoms with E-state index in [2.05, 4.69) is 5.32 Å². The SMILES string of the molecule is CNC(=O)SCCC(=O)O. The number of amides is 1. The van der Waals surface area contributed by atoms with Gasteiger partial charge in [-0.05, 0) is 0 Å². The van der Waals surface area contributed by atoms with E-state index in [0.717, 1.165) is 11.8 Å². The van der Waals surface area contributed by atoms with Crippen LogP contribution in [0, 0.1) is 0 Å². The van der Waals surface area contributed by atoms with Crippen LogP contribution in [0.25, 0.3) is 0 Å². The van der Waals surface area contributed by atoms with E-state index in [-0.39, 0.29) is 11.7 Å². The number of aliphatic carboxylic acids is 1. The molecular weight excluding hydrogens is 154 g/mol. The predicted octanol–water partition coefficient (Wildman–Crippen LogP) is 0.534. The van der Waals surface area contributed by atoms with Crippen molar-refractivity contribution in [1.29, 1.82) is 0 Å². The highest BCUT2D eigenvalue weighted by atomic mass is 32.2. The molecular formula is C5H9NO3S. The summed E-state index contributed by atoms with van der Waals surface area (Å²) in [5.74, 6) is -0.550. The van der Waals surface area contributed by atoms with E-state index in [9.17, 15) is 9.59 Å². The first-order valence-electron chi connectivity index (χ1n) is 2.73. The zero-order chi connectivity index (χ0) is 7.98. The second kappa shape index (κ2) is 5.10. The van der Waals surface area contributed by atoms with Crippen LogP contribution < -0.4 is 5.32 Å². The lowest BCUT2D eigenvalue weighted by Gasteiger charge is -1.94. The fourth-order valence-corrected chi connectivity index (χ4v) is 0.910. The molecule has 0 saturated heterocycles. The Morgan fingerprint density at radius 1 is 1.60 bits per heavy atom. The third-order valence-corrected chi connectivity index (χ3v) is 1.63. The quantitative estimate of drug-likeness (QED) is 0.637. The van der Waals surface area contributed by atoms with Crippen LogP contribution in [0.3, 0.4) is 0 Å². The highest BCUT2D eigenvalue weighted by Gasteiger charge is 2.00. The fraction of sp³-hybridized carbons (Fsp3) is 0.600. The standard InChI is InChI=1S/C5H9NO3S/c1-6-5(9)10-3-2-4(7)8/h2-3H2,1H3,(H,6,9)(H,7,8). The van der Waals surface area contributed by atoms with Gasteiger partial charge < -0.3 is 10.4 Å². The molecule has 10 heavy (non-hydrogen) atoms. The Morgan fingerprint density at radius 3 is 2.60 bits per heavy atom. The Balaban J connectivity index is 3.20. The first-order chi connectivity index (χ1) is 4.66. The molecule has 0 unspecified atom stereocenters. The molecule has 0 saturated carbocycles. The van der Waals surface area contributed by atoms with Crippen molar-refractivity contribution in [2.75, 3.05) is 12.8 Å². The van der Waals surface area contributed by atoms with Gasteiger partial charge in [0, 0.05) is 12.8 Å². The molecule has 0 aromatic rings. The van der Waals surface area contributed by atoms with Crippen LogP contribution >= 0.6 is 11.8 Å². The lowest BCUT2D eigenvalue weighted by molar-refractivity contribution is -0.136. The number of carboxylic acids is 1. The van der Waals surface area contributed by atoms with Crippen molar-refractivity contribution in [2.45, 2.75) is 6.42 Å². The van der Waals surface area contributed by atoms with Gasteiger partial charge in [0.1, 0.15) is 0 Å². The summed E-state index contributed by atoms with van der Waals surface area (Å²) in [5, 5.41) is 10.3. The monoisotopic (exact) mass is 163 g/mol. The largest absolute Gasteiger partial charge is 0.481 e. The topological polar surface area (TPSA) is 66.4 Å². The van der Waals surface area contributed by atoms with Crippen LogP contribution in [0.5, 0.6) is 0 Å². The number of carboxylic acid groups (broad SMARTS) is 1. The average molecular weight is 163 g/mol. The van der Waals surface area contributed by atoms with Crippen LogP contribution in [-0.2, 0) is 4.79 Å². The predicted molar refractivity (Wildman–Crippen MR) is 39.2 cm³/mol. The van der Waals surface area contributed by atoms with Crippen molar-refractivity contribution < 1.29 is 14.7 Å². The minimum atomic E-state index is -0.878. The van der Waals surface area contributed by atoms with E-state index < -0.39 is 5.97 Å². The number of carbonyl (C=O) groups excluding carboxylic acids is 1. The molecule has 0 spiro atoms. The van der Waals surface area contributed by atoms with E-state index in [0.29, 0.717) is 5.75 Å². The zero-order valence-electron chi connectivity index (χ0n) is 5.59. The second-order valence-electron chi connectivity index (χ2n) is 1.53. The molecule has 2 N–H and O–H groups in total. The average Bonchev–Trinajstić information content (AvgIpc) is 1.87. The lowest BCUT2D eigenvalue weighted by Crippen LogP contribution is -2.12. The van der Waals surface area contributed by atoms with Crippen LogP contribution in [-0.4, -0.2) is 29.1 Å². The van der Waals surface area contributed by atoms with Gasteiger partial charge in [0.15, 0.2) is 0 Å². The van der Waals surface area contributed by atoms with Gasteiger partial charge in [0.2, 0.25) is 0 Å². The minimum Gasteiger partial charge on any atom is -0.481 e. The number of hydrogen-bond acceptors (Lipinski definition) is 3. The molecule has 0 fully saturated rings. The summed E-state index contributed by atoms with van der Waals surface area (Å²) >= 11 is 0.974. The van der Waals surface area contributed by atoms with Crippen LogP contribution in [0.15, 0.2) is 0 Å². The van der Waals surface area contributed by atoms with Gasteiger partial charge in [0.25, 0.3) is 5.24 Å². The van der Waals surface area contributed by atoms with E-state index >= 15 is 0 Å². The minimum absolute atomic E-state index is 0.0259. The maximum absolute atomic E-state index is 10.5. The number of nitrogens with one attached hydrogen (secondary N) is 1.